The van der Waals surface area contributed by atoms with E-state index >= 15 is 0 Å². The molecule has 1 aromatic heterocycles. The number of anilines is 1. The van der Waals surface area contributed by atoms with Crippen LogP contribution in [0.2, 0.25) is 5.15 Å². The lowest BCUT2D eigenvalue weighted by Crippen LogP contribution is -2.27. The Morgan fingerprint density at radius 2 is 2.17 bits per heavy atom. The second kappa shape index (κ2) is 8.24. The number of hydrogen-bond donors (Lipinski definition) is 1. The summed E-state index contributed by atoms with van der Waals surface area (Å²) in [6.07, 6.45) is 3.29. The maximum absolute atomic E-state index is 6.07. The molecule has 102 valence electrons. The minimum Gasteiger partial charge on any atom is -0.382 e. The lowest BCUT2D eigenvalue weighted by molar-refractivity contribution is 0.0365. The van der Waals surface area contributed by atoms with Crippen molar-refractivity contribution in [3.63, 3.8) is 0 Å². The van der Waals surface area contributed by atoms with E-state index in [0.29, 0.717) is 18.3 Å². The van der Waals surface area contributed by atoms with Crippen LogP contribution in [0.4, 0.5) is 5.82 Å². The van der Waals surface area contributed by atoms with Gasteiger partial charge in [-0.15, -0.1) is 0 Å². The van der Waals surface area contributed by atoms with Crippen molar-refractivity contribution in [3.8, 4) is 0 Å². The summed E-state index contributed by atoms with van der Waals surface area (Å²) in [7, 11) is 3.31. The molecular weight excluding hydrogens is 254 g/mol. The molecule has 6 heteroatoms. The summed E-state index contributed by atoms with van der Waals surface area (Å²) < 4.78 is 10.3. The van der Waals surface area contributed by atoms with Gasteiger partial charge in [0.25, 0.3) is 0 Å². The van der Waals surface area contributed by atoms with Crippen LogP contribution in [-0.4, -0.2) is 43.4 Å². The number of nitrogens with one attached hydrogen (secondary N) is 1. The fourth-order valence-electron chi connectivity index (χ4n) is 1.62. The van der Waals surface area contributed by atoms with Crippen LogP contribution in [-0.2, 0) is 15.9 Å². The van der Waals surface area contributed by atoms with E-state index in [1.165, 1.54) is 6.33 Å². The molecule has 0 bridgehead atoms. The molecule has 5 nitrogen and oxygen atoms in total. The Kier molecular flexibility index (Phi) is 6.93. The van der Waals surface area contributed by atoms with E-state index in [2.05, 4.69) is 22.2 Å². The molecule has 1 rings (SSSR count). The summed E-state index contributed by atoms with van der Waals surface area (Å²) in [5.74, 6) is 0.773. The second-order valence-corrected chi connectivity index (χ2v) is 4.29. The molecular formula is C12H20ClN3O2. The predicted octanol–water partition coefficient (Wildman–Crippen LogP) is 2.16. The van der Waals surface area contributed by atoms with Crippen molar-refractivity contribution < 1.29 is 9.47 Å². The van der Waals surface area contributed by atoms with Crippen LogP contribution < -0.4 is 5.32 Å². The number of methoxy groups -OCH3 is 2. The van der Waals surface area contributed by atoms with Gasteiger partial charge in [0.05, 0.1) is 12.7 Å². The van der Waals surface area contributed by atoms with Crippen LogP contribution in [0.3, 0.4) is 0 Å². The van der Waals surface area contributed by atoms with Crippen LogP contribution in [0, 0.1) is 0 Å². The monoisotopic (exact) mass is 273 g/mol. The summed E-state index contributed by atoms with van der Waals surface area (Å²) in [5, 5.41) is 3.74. The lowest BCUT2D eigenvalue weighted by Gasteiger charge is -2.17. The zero-order valence-electron chi connectivity index (χ0n) is 11.1. The molecule has 0 spiro atoms. The third-order valence-electron chi connectivity index (χ3n) is 2.58. The van der Waals surface area contributed by atoms with Crippen molar-refractivity contribution in [2.75, 3.05) is 32.7 Å². The Morgan fingerprint density at radius 1 is 1.39 bits per heavy atom. The zero-order chi connectivity index (χ0) is 13.4. The number of ether oxygens (including phenoxy) is 2. The minimum absolute atomic E-state index is 0.0155. The topological polar surface area (TPSA) is 56.3 Å². The van der Waals surface area contributed by atoms with Gasteiger partial charge >= 0.3 is 0 Å². The first-order valence-electron chi connectivity index (χ1n) is 5.97. The average molecular weight is 274 g/mol. The largest absolute Gasteiger partial charge is 0.382 e. The van der Waals surface area contributed by atoms with Crippen LogP contribution in [0.15, 0.2) is 6.33 Å². The summed E-state index contributed by atoms with van der Waals surface area (Å²) in [6.45, 7) is 3.25. The summed E-state index contributed by atoms with van der Waals surface area (Å²) in [5.41, 5.74) is 0.953. The van der Waals surface area contributed by atoms with E-state index in [4.69, 9.17) is 21.1 Å². The molecule has 1 aromatic rings. The third-order valence-corrected chi connectivity index (χ3v) is 2.90. The quantitative estimate of drug-likeness (QED) is 0.736. The predicted molar refractivity (Wildman–Crippen MR) is 72.2 cm³/mol. The van der Waals surface area contributed by atoms with Gasteiger partial charge in [-0.1, -0.05) is 24.9 Å². The molecule has 0 saturated carbocycles. The molecule has 1 heterocycles. The van der Waals surface area contributed by atoms with Gasteiger partial charge in [0.1, 0.15) is 17.3 Å². The Hall–Kier alpha value is -0.910. The van der Waals surface area contributed by atoms with E-state index in [1.807, 2.05) is 0 Å². The van der Waals surface area contributed by atoms with Gasteiger partial charge in [-0.25, -0.2) is 9.97 Å². The standard InChI is InChI=1S/C12H20ClN3O2/c1-4-5-10-11(13)15-8-16-12(10)14-6-9(18-3)7-17-2/h8-9H,4-7H2,1-3H3,(H,14,15,16). The first kappa shape index (κ1) is 15.1. The average Bonchev–Trinajstić information content (AvgIpc) is 2.38. The van der Waals surface area contributed by atoms with Crippen molar-refractivity contribution in [1.82, 2.24) is 9.97 Å². The van der Waals surface area contributed by atoms with Crippen LogP contribution >= 0.6 is 11.6 Å². The Balaban J connectivity index is 2.68. The van der Waals surface area contributed by atoms with Crippen molar-refractivity contribution >= 4 is 17.4 Å². The van der Waals surface area contributed by atoms with Gasteiger partial charge in [0.15, 0.2) is 0 Å². The lowest BCUT2D eigenvalue weighted by atomic mass is 10.2. The zero-order valence-corrected chi connectivity index (χ0v) is 11.8. The number of halogens is 1. The molecule has 0 aliphatic heterocycles. The normalized spacial score (nSPS) is 12.4. The van der Waals surface area contributed by atoms with Gasteiger partial charge < -0.3 is 14.8 Å². The molecule has 1 unspecified atom stereocenters. The van der Waals surface area contributed by atoms with Gasteiger partial charge in [-0.3, -0.25) is 0 Å². The second-order valence-electron chi connectivity index (χ2n) is 3.94. The summed E-state index contributed by atoms with van der Waals surface area (Å²) in [4.78, 5) is 8.22. The molecule has 0 aliphatic rings. The van der Waals surface area contributed by atoms with Gasteiger partial charge in [0.2, 0.25) is 0 Å². The van der Waals surface area contributed by atoms with Crippen molar-refractivity contribution in [1.29, 1.82) is 0 Å². The van der Waals surface area contributed by atoms with Crippen molar-refractivity contribution in [2.45, 2.75) is 25.9 Å². The molecule has 0 amide bonds. The van der Waals surface area contributed by atoms with E-state index < -0.39 is 0 Å². The maximum atomic E-state index is 6.07. The number of hydrogen-bond acceptors (Lipinski definition) is 5. The highest BCUT2D eigenvalue weighted by atomic mass is 35.5. The van der Waals surface area contributed by atoms with Gasteiger partial charge in [-0.05, 0) is 6.42 Å². The molecule has 0 fully saturated rings. The van der Waals surface area contributed by atoms with E-state index in [1.54, 1.807) is 14.2 Å². The minimum atomic E-state index is -0.0155. The van der Waals surface area contributed by atoms with Crippen molar-refractivity contribution in [3.05, 3.63) is 17.0 Å². The van der Waals surface area contributed by atoms with Crippen molar-refractivity contribution in [2.24, 2.45) is 0 Å². The number of rotatable bonds is 8. The SMILES string of the molecule is CCCc1c(Cl)ncnc1NCC(COC)OC. The molecule has 0 aliphatic carbocycles. The number of aromatic nitrogens is 2. The Labute approximate surface area is 113 Å². The van der Waals surface area contributed by atoms with Crippen LogP contribution in [0.5, 0.6) is 0 Å². The Bertz CT molecular complexity index is 363. The summed E-state index contributed by atoms with van der Waals surface area (Å²) >= 11 is 6.07. The molecule has 1 atom stereocenters. The van der Waals surface area contributed by atoms with E-state index in [-0.39, 0.29) is 6.10 Å². The summed E-state index contributed by atoms with van der Waals surface area (Å²) in [6, 6.07) is 0. The van der Waals surface area contributed by atoms with E-state index in [9.17, 15) is 0 Å². The highest BCUT2D eigenvalue weighted by Gasteiger charge is 2.11. The fourth-order valence-corrected chi connectivity index (χ4v) is 1.85. The molecule has 0 radical (unpaired) electrons. The molecule has 0 saturated heterocycles. The molecule has 0 aromatic carbocycles. The first-order valence-corrected chi connectivity index (χ1v) is 6.35. The third kappa shape index (κ3) is 4.40. The van der Waals surface area contributed by atoms with Gasteiger partial charge in [-0.2, -0.15) is 0 Å². The van der Waals surface area contributed by atoms with Gasteiger partial charge in [0, 0.05) is 26.3 Å². The fraction of sp³-hybridized carbons (Fsp3) is 0.667. The molecule has 18 heavy (non-hydrogen) atoms. The molecule has 1 N–H and O–H groups in total. The first-order chi connectivity index (χ1) is 8.72. The van der Waals surface area contributed by atoms with Crippen LogP contribution in [0.1, 0.15) is 18.9 Å². The Morgan fingerprint density at radius 3 is 2.78 bits per heavy atom. The smallest absolute Gasteiger partial charge is 0.137 e. The van der Waals surface area contributed by atoms with Crippen LogP contribution in [0.25, 0.3) is 0 Å². The highest BCUT2D eigenvalue weighted by molar-refractivity contribution is 6.30. The van der Waals surface area contributed by atoms with E-state index in [0.717, 1.165) is 24.2 Å². The number of nitrogens with zero attached hydrogens (tertiary/aromatic N) is 2. The highest BCUT2D eigenvalue weighted by Crippen LogP contribution is 2.21. The maximum Gasteiger partial charge on any atom is 0.137 e.